The molecule has 8 nitrogen and oxygen atoms in total. The van der Waals surface area contributed by atoms with Crippen LogP contribution in [0.2, 0.25) is 0 Å². The molecule has 0 spiro atoms. The van der Waals surface area contributed by atoms with Gasteiger partial charge in [-0.25, -0.2) is 18.6 Å². The van der Waals surface area contributed by atoms with Gasteiger partial charge in [0.05, 0.1) is 19.9 Å². The van der Waals surface area contributed by atoms with E-state index < -0.39 is 23.5 Å². The topological polar surface area (TPSA) is 91.8 Å². The van der Waals surface area contributed by atoms with Crippen molar-refractivity contribution in [3.63, 3.8) is 0 Å². The number of ether oxygens (including phenoxy) is 4. The van der Waals surface area contributed by atoms with Crippen LogP contribution in [0.25, 0.3) is 0 Å². The second-order valence-corrected chi connectivity index (χ2v) is 4.86. The van der Waals surface area contributed by atoms with Gasteiger partial charge in [0.2, 0.25) is 0 Å². The summed E-state index contributed by atoms with van der Waals surface area (Å²) >= 11 is 0. The van der Waals surface area contributed by atoms with Crippen LogP contribution in [-0.4, -0.2) is 43.5 Å². The Hall–Kier alpha value is -3.01. The number of carbonyl (C=O) groups excluding carboxylic acids is 1. The zero-order chi connectivity index (χ0) is 18.9. The van der Waals surface area contributed by atoms with Gasteiger partial charge in [-0.05, 0) is 17.7 Å². The second kappa shape index (κ2) is 9.47. The number of nitrogens with one attached hydrogen (secondary N) is 1. The van der Waals surface area contributed by atoms with Crippen molar-refractivity contribution in [2.75, 3.05) is 32.8 Å². The van der Waals surface area contributed by atoms with Crippen LogP contribution >= 0.6 is 0 Å². The van der Waals surface area contributed by atoms with Crippen molar-refractivity contribution in [3.05, 3.63) is 41.6 Å². The molecule has 0 aliphatic carbocycles. The van der Waals surface area contributed by atoms with Crippen LogP contribution in [0.5, 0.6) is 11.8 Å². The minimum atomic E-state index is -0.900. The van der Waals surface area contributed by atoms with E-state index in [4.69, 9.17) is 18.9 Å². The summed E-state index contributed by atoms with van der Waals surface area (Å²) in [7, 11) is 2.80. The summed E-state index contributed by atoms with van der Waals surface area (Å²) in [5.74, 6) is -1.71. The van der Waals surface area contributed by atoms with Crippen LogP contribution in [0.3, 0.4) is 0 Å². The van der Waals surface area contributed by atoms with Gasteiger partial charge < -0.3 is 18.9 Å². The van der Waals surface area contributed by atoms with Crippen molar-refractivity contribution in [2.24, 2.45) is 0 Å². The second-order valence-electron chi connectivity index (χ2n) is 4.86. The van der Waals surface area contributed by atoms with Gasteiger partial charge in [0.1, 0.15) is 13.2 Å². The zero-order valence-corrected chi connectivity index (χ0v) is 14.1. The van der Waals surface area contributed by atoms with E-state index in [-0.39, 0.29) is 31.6 Å². The first-order valence-corrected chi connectivity index (χ1v) is 7.44. The molecule has 10 heteroatoms. The molecule has 0 aliphatic rings. The molecule has 0 saturated carbocycles. The highest BCUT2D eigenvalue weighted by atomic mass is 19.1. The maximum Gasteiger partial charge on any atom is 0.412 e. The summed E-state index contributed by atoms with van der Waals surface area (Å²) in [6.07, 6.45) is -0.0651. The number of methoxy groups -OCH3 is 2. The van der Waals surface area contributed by atoms with Gasteiger partial charge in [-0.15, -0.1) is 0 Å². The summed E-state index contributed by atoms with van der Waals surface area (Å²) in [5.41, 5.74) is 0.490. The molecule has 0 fully saturated rings. The summed E-state index contributed by atoms with van der Waals surface area (Å²) in [6, 6.07) is 4.07. The summed E-state index contributed by atoms with van der Waals surface area (Å²) in [6.45, 7) is 0.137. The molecule has 2 aromatic rings. The van der Waals surface area contributed by atoms with Crippen molar-refractivity contribution in [2.45, 2.75) is 6.61 Å². The monoisotopic (exact) mass is 369 g/mol. The van der Waals surface area contributed by atoms with Gasteiger partial charge in [-0.3, -0.25) is 5.32 Å². The van der Waals surface area contributed by atoms with Crippen molar-refractivity contribution < 1.29 is 32.5 Å². The van der Waals surface area contributed by atoms with Crippen LogP contribution in [0.4, 0.5) is 19.4 Å². The van der Waals surface area contributed by atoms with E-state index in [1.807, 2.05) is 0 Å². The van der Waals surface area contributed by atoms with E-state index in [0.717, 1.165) is 6.20 Å². The van der Waals surface area contributed by atoms with Crippen molar-refractivity contribution in [3.8, 4) is 11.8 Å². The Bertz CT molecular complexity index is 761. The summed E-state index contributed by atoms with van der Waals surface area (Å²) in [5, 5.41) is 2.13. The number of amides is 1. The van der Waals surface area contributed by atoms with Crippen LogP contribution in [0, 0.1) is 11.6 Å². The fourth-order valence-corrected chi connectivity index (χ4v) is 1.81. The van der Waals surface area contributed by atoms with E-state index in [1.165, 1.54) is 26.4 Å². The van der Waals surface area contributed by atoms with Crippen LogP contribution in [0.1, 0.15) is 5.56 Å². The van der Waals surface area contributed by atoms with Crippen molar-refractivity contribution in [1.29, 1.82) is 0 Å². The third-order valence-corrected chi connectivity index (χ3v) is 3.05. The van der Waals surface area contributed by atoms with E-state index in [1.54, 1.807) is 6.07 Å². The molecular formula is C16H17F2N3O5. The van der Waals surface area contributed by atoms with Gasteiger partial charge >= 0.3 is 12.1 Å². The molecule has 0 atom stereocenters. The lowest BCUT2D eigenvalue weighted by Gasteiger charge is -2.09. The van der Waals surface area contributed by atoms with Gasteiger partial charge in [-0.1, -0.05) is 6.07 Å². The van der Waals surface area contributed by atoms with Crippen molar-refractivity contribution >= 4 is 11.9 Å². The lowest BCUT2D eigenvalue weighted by molar-refractivity contribution is 0.107. The Balaban J connectivity index is 1.98. The van der Waals surface area contributed by atoms with E-state index >= 15 is 0 Å². The Morgan fingerprint density at radius 2 is 2.00 bits per heavy atom. The van der Waals surface area contributed by atoms with Crippen LogP contribution < -0.4 is 14.8 Å². The number of anilines is 1. The number of benzene rings is 1. The number of rotatable bonds is 8. The van der Waals surface area contributed by atoms with Crippen LogP contribution in [0.15, 0.2) is 24.4 Å². The fourth-order valence-electron chi connectivity index (χ4n) is 1.81. The number of carbonyl (C=O) groups is 1. The Labute approximate surface area is 148 Å². The van der Waals surface area contributed by atoms with Gasteiger partial charge in [0.15, 0.2) is 23.2 Å². The molecule has 1 aromatic heterocycles. The molecule has 1 heterocycles. The van der Waals surface area contributed by atoms with Gasteiger partial charge in [-0.2, -0.15) is 4.98 Å². The molecular weight excluding hydrogens is 352 g/mol. The lowest BCUT2D eigenvalue weighted by atomic mass is 10.2. The maximum absolute atomic E-state index is 13.7. The molecule has 2 rings (SSSR count). The zero-order valence-electron chi connectivity index (χ0n) is 14.1. The quantitative estimate of drug-likeness (QED) is 0.715. The third kappa shape index (κ3) is 5.52. The molecule has 0 aliphatic heterocycles. The Kier molecular flexibility index (Phi) is 7.03. The third-order valence-electron chi connectivity index (χ3n) is 3.05. The van der Waals surface area contributed by atoms with Gasteiger partial charge in [0.25, 0.3) is 0 Å². The molecule has 0 saturated heterocycles. The van der Waals surface area contributed by atoms with Gasteiger partial charge in [0, 0.05) is 7.11 Å². The van der Waals surface area contributed by atoms with Crippen LogP contribution in [-0.2, 0) is 16.1 Å². The molecule has 26 heavy (non-hydrogen) atoms. The molecule has 0 radical (unpaired) electrons. The number of nitrogens with zero attached hydrogens (tertiary/aromatic N) is 2. The van der Waals surface area contributed by atoms with Crippen molar-refractivity contribution in [1.82, 2.24) is 9.97 Å². The number of halogens is 2. The summed E-state index contributed by atoms with van der Waals surface area (Å²) < 4.78 is 46.9. The highest BCUT2D eigenvalue weighted by molar-refractivity contribution is 5.83. The average molecular weight is 369 g/mol. The minimum absolute atomic E-state index is 0.00142. The smallest absolute Gasteiger partial charge is 0.412 e. The number of hydrogen-bond donors (Lipinski definition) is 1. The first-order chi connectivity index (χ1) is 12.5. The minimum Gasteiger partial charge on any atom is -0.494 e. The number of hydrogen-bond acceptors (Lipinski definition) is 7. The normalized spacial score (nSPS) is 10.3. The standard InChI is InChI=1S/C16H17F2N3O5/c1-23-5-6-25-16(22)21-14-12(18)8-19-15(20-14)26-9-10-3-4-13(24-2)11(17)7-10/h3-4,7-8H,5-6,9H2,1-2H3,(H,19,20,21,22). The first-order valence-electron chi connectivity index (χ1n) is 7.44. The SMILES string of the molecule is COCCOC(=O)Nc1nc(OCc2ccc(OC)c(F)c2)ncc1F. The Morgan fingerprint density at radius 3 is 2.69 bits per heavy atom. The van der Waals surface area contributed by atoms with E-state index in [2.05, 4.69) is 15.3 Å². The fraction of sp³-hybridized carbons (Fsp3) is 0.312. The lowest BCUT2D eigenvalue weighted by Crippen LogP contribution is -2.18. The molecule has 0 unspecified atom stereocenters. The summed E-state index contributed by atoms with van der Waals surface area (Å²) in [4.78, 5) is 18.9. The average Bonchev–Trinajstić information content (AvgIpc) is 2.62. The molecule has 0 bridgehead atoms. The molecule has 1 N–H and O–H groups in total. The molecule has 1 amide bonds. The highest BCUT2D eigenvalue weighted by Gasteiger charge is 2.13. The highest BCUT2D eigenvalue weighted by Crippen LogP contribution is 2.19. The predicted octanol–water partition coefficient (Wildman–Crippen LogP) is 2.54. The largest absolute Gasteiger partial charge is 0.494 e. The number of aromatic nitrogens is 2. The predicted molar refractivity (Wildman–Crippen MR) is 86.1 cm³/mol. The first kappa shape index (κ1) is 19.3. The maximum atomic E-state index is 13.7. The molecule has 140 valence electrons. The van der Waals surface area contributed by atoms with E-state index in [0.29, 0.717) is 5.56 Å². The Morgan fingerprint density at radius 1 is 1.19 bits per heavy atom. The van der Waals surface area contributed by atoms with E-state index in [9.17, 15) is 13.6 Å². The molecule has 1 aromatic carbocycles.